The van der Waals surface area contributed by atoms with E-state index in [0.717, 1.165) is 6.42 Å². The summed E-state index contributed by atoms with van der Waals surface area (Å²) in [7, 11) is 0. The standard InChI is InChI=1S/C10H16O2/c1-4-5-9-8(7(2)3)6-10(11)12-9/h4,7-9H,1,5-6H2,2-3H3/t8-,9-/m0/s1. The van der Waals surface area contributed by atoms with Crippen LogP contribution in [0, 0.1) is 11.8 Å². The van der Waals surface area contributed by atoms with Gasteiger partial charge in [-0.15, -0.1) is 6.58 Å². The summed E-state index contributed by atoms with van der Waals surface area (Å²) >= 11 is 0. The zero-order chi connectivity index (χ0) is 9.14. The Morgan fingerprint density at radius 2 is 2.42 bits per heavy atom. The second kappa shape index (κ2) is 3.74. The van der Waals surface area contributed by atoms with Crippen LogP contribution >= 0.6 is 0 Å². The molecule has 1 fully saturated rings. The number of hydrogen-bond donors (Lipinski definition) is 0. The Kier molecular flexibility index (Phi) is 2.90. The molecule has 2 atom stereocenters. The van der Waals surface area contributed by atoms with Crippen LogP contribution in [0.3, 0.4) is 0 Å². The Balaban J connectivity index is 2.58. The average molecular weight is 168 g/mol. The van der Waals surface area contributed by atoms with E-state index in [4.69, 9.17) is 4.74 Å². The first-order valence-electron chi connectivity index (χ1n) is 4.45. The summed E-state index contributed by atoms with van der Waals surface area (Å²) in [5.74, 6) is 0.845. The average Bonchev–Trinajstić information content (AvgIpc) is 2.32. The molecule has 0 saturated carbocycles. The summed E-state index contributed by atoms with van der Waals surface area (Å²) in [6, 6.07) is 0. The molecular weight excluding hydrogens is 152 g/mol. The Bertz CT molecular complexity index is 184. The van der Waals surface area contributed by atoms with Gasteiger partial charge in [-0.2, -0.15) is 0 Å². The summed E-state index contributed by atoms with van der Waals surface area (Å²) in [5.41, 5.74) is 0. The zero-order valence-electron chi connectivity index (χ0n) is 7.75. The Labute approximate surface area is 73.6 Å². The first-order valence-corrected chi connectivity index (χ1v) is 4.45. The van der Waals surface area contributed by atoms with Crippen molar-refractivity contribution in [2.45, 2.75) is 32.8 Å². The minimum absolute atomic E-state index is 0.0550. The largest absolute Gasteiger partial charge is 0.462 e. The summed E-state index contributed by atoms with van der Waals surface area (Å²) in [6.07, 6.45) is 3.26. The molecule has 1 saturated heterocycles. The number of rotatable bonds is 3. The van der Waals surface area contributed by atoms with Gasteiger partial charge in [-0.1, -0.05) is 19.9 Å². The number of ether oxygens (including phenoxy) is 1. The second-order valence-electron chi connectivity index (χ2n) is 3.66. The molecule has 1 heterocycles. The fraction of sp³-hybridized carbons (Fsp3) is 0.700. The molecule has 2 nitrogen and oxygen atoms in total. The molecule has 2 heteroatoms. The van der Waals surface area contributed by atoms with Crippen molar-refractivity contribution in [3.63, 3.8) is 0 Å². The predicted octanol–water partition coefficient (Wildman–Crippen LogP) is 2.15. The molecule has 1 rings (SSSR count). The molecule has 0 aromatic rings. The molecule has 0 aromatic heterocycles. The fourth-order valence-electron chi connectivity index (χ4n) is 1.68. The summed E-state index contributed by atoms with van der Waals surface area (Å²) in [6.45, 7) is 7.91. The van der Waals surface area contributed by atoms with Crippen LogP contribution in [0.2, 0.25) is 0 Å². The smallest absolute Gasteiger partial charge is 0.306 e. The van der Waals surface area contributed by atoms with Crippen molar-refractivity contribution in [3.05, 3.63) is 12.7 Å². The molecule has 0 aliphatic carbocycles. The topological polar surface area (TPSA) is 26.3 Å². The maximum atomic E-state index is 11.0. The highest BCUT2D eigenvalue weighted by molar-refractivity contribution is 5.72. The van der Waals surface area contributed by atoms with Gasteiger partial charge in [0, 0.05) is 12.3 Å². The van der Waals surface area contributed by atoms with E-state index in [0.29, 0.717) is 18.3 Å². The van der Waals surface area contributed by atoms with E-state index >= 15 is 0 Å². The monoisotopic (exact) mass is 168 g/mol. The lowest BCUT2D eigenvalue weighted by atomic mass is 9.88. The predicted molar refractivity (Wildman–Crippen MR) is 47.6 cm³/mol. The van der Waals surface area contributed by atoms with Crippen LogP contribution < -0.4 is 0 Å². The van der Waals surface area contributed by atoms with Gasteiger partial charge in [-0.3, -0.25) is 4.79 Å². The Hall–Kier alpha value is -0.790. The van der Waals surface area contributed by atoms with E-state index in [2.05, 4.69) is 20.4 Å². The van der Waals surface area contributed by atoms with E-state index in [-0.39, 0.29) is 12.1 Å². The highest BCUT2D eigenvalue weighted by Gasteiger charge is 2.35. The molecule has 1 aliphatic rings. The van der Waals surface area contributed by atoms with Gasteiger partial charge < -0.3 is 4.74 Å². The first kappa shape index (κ1) is 9.30. The van der Waals surface area contributed by atoms with Crippen LogP contribution in [-0.2, 0) is 9.53 Å². The summed E-state index contributed by atoms with van der Waals surface area (Å²) < 4.78 is 5.17. The van der Waals surface area contributed by atoms with Crippen molar-refractivity contribution in [3.8, 4) is 0 Å². The highest BCUT2D eigenvalue weighted by Crippen LogP contribution is 2.30. The van der Waals surface area contributed by atoms with Crippen LogP contribution in [0.15, 0.2) is 12.7 Å². The van der Waals surface area contributed by atoms with Gasteiger partial charge in [-0.05, 0) is 5.92 Å². The van der Waals surface area contributed by atoms with Crippen molar-refractivity contribution in [1.82, 2.24) is 0 Å². The fourth-order valence-corrected chi connectivity index (χ4v) is 1.68. The lowest BCUT2D eigenvalue weighted by Crippen LogP contribution is -2.19. The molecule has 0 radical (unpaired) electrons. The third-order valence-corrected chi connectivity index (χ3v) is 2.42. The molecular formula is C10H16O2. The van der Waals surface area contributed by atoms with Crippen LogP contribution in [0.25, 0.3) is 0 Å². The summed E-state index contributed by atoms with van der Waals surface area (Å²) in [4.78, 5) is 11.0. The third-order valence-electron chi connectivity index (χ3n) is 2.42. The molecule has 68 valence electrons. The zero-order valence-corrected chi connectivity index (χ0v) is 7.75. The van der Waals surface area contributed by atoms with Gasteiger partial charge in [0.15, 0.2) is 0 Å². The van der Waals surface area contributed by atoms with E-state index in [1.165, 1.54) is 0 Å². The Morgan fingerprint density at radius 1 is 1.75 bits per heavy atom. The molecule has 0 amide bonds. The lowest BCUT2D eigenvalue weighted by Gasteiger charge is -2.18. The van der Waals surface area contributed by atoms with Crippen molar-refractivity contribution >= 4 is 5.97 Å². The number of esters is 1. The minimum atomic E-state index is -0.0550. The number of hydrogen-bond acceptors (Lipinski definition) is 2. The van der Waals surface area contributed by atoms with Crippen molar-refractivity contribution in [2.24, 2.45) is 11.8 Å². The maximum absolute atomic E-state index is 11.0. The van der Waals surface area contributed by atoms with Crippen LogP contribution in [-0.4, -0.2) is 12.1 Å². The Morgan fingerprint density at radius 3 is 2.92 bits per heavy atom. The van der Waals surface area contributed by atoms with Crippen LogP contribution in [0.4, 0.5) is 0 Å². The summed E-state index contributed by atoms with van der Waals surface area (Å²) in [5, 5.41) is 0. The number of carbonyl (C=O) groups excluding carboxylic acids is 1. The highest BCUT2D eigenvalue weighted by atomic mass is 16.5. The van der Waals surface area contributed by atoms with E-state index in [1.54, 1.807) is 0 Å². The molecule has 1 aliphatic heterocycles. The van der Waals surface area contributed by atoms with Gasteiger partial charge in [-0.25, -0.2) is 0 Å². The lowest BCUT2D eigenvalue weighted by molar-refractivity contribution is -0.141. The SMILES string of the molecule is C=CC[C@@H]1OC(=O)C[C@H]1C(C)C. The van der Waals surface area contributed by atoms with E-state index in [1.807, 2.05) is 6.08 Å². The molecule has 0 N–H and O–H groups in total. The van der Waals surface area contributed by atoms with Gasteiger partial charge in [0.1, 0.15) is 6.10 Å². The van der Waals surface area contributed by atoms with Gasteiger partial charge >= 0.3 is 5.97 Å². The minimum Gasteiger partial charge on any atom is -0.462 e. The maximum Gasteiger partial charge on any atom is 0.306 e. The molecule has 0 spiro atoms. The van der Waals surface area contributed by atoms with Crippen LogP contribution in [0.5, 0.6) is 0 Å². The van der Waals surface area contributed by atoms with Gasteiger partial charge in [0.25, 0.3) is 0 Å². The second-order valence-corrected chi connectivity index (χ2v) is 3.66. The molecule has 0 aromatic carbocycles. The quantitative estimate of drug-likeness (QED) is 0.476. The van der Waals surface area contributed by atoms with Crippen LogP contribution in [0.1, 0.15) is 26.7 Å². The van der Waals surface area contributed by atoms with E-state index in [9.17, 15) is 4.79 Å². The van der Waals surface area contributed by atoms with Crippen molar-refractivity contribution in [2.75, 3.05) is 0 Å². The molecule has 0 unspecified atom stereocenters. The van der Waals surface area contributed by atoms with Crippen molar-refractivity contribution < 1.29 is 9.53 Å². The third kappa shape index (κ3) is 1.87. The van der Waals surface area contributed by atoms with Gasteiger partial charge in [0.05, 0.1) is 6.42 Å². The van der Waals surface area contributed by atoms with Crippen molar-refractivity contribution in [1.29, 1.82) is 0 Å². The molecule has 12 heavy (non-hydrogen) atoms. The number of carbonyl (C=O) groups is 1. The van der Waals surface area contributed by atoms with Gasteiger partial charge in [0.2, 0.25) is 0 Å². The van der Waals surface area contributed by atoms with E-state index < -0.39 is 0 Å². The normalized spacial score (nSPS) is 29.1. The first-order chi connectivity index (χ1) is 5.65. The molecule has 0 bridgehead atoms. The number of cyclic esters (lactones) is 1.